The smallest absolute Gasteiger partial charge is 0.271 e. The quantitative estimate of drug-likeness (QED) is 0.316. The molecule has 0 saturated carbocycles. The Morgan fingerprint density at radius 1 is 1.00 bits per heavy atom. The first-order valence-electron chi connectivity index (χ1n) is 10.4. The Labute approximate surface area is 189 Å². The predicted molar refractivity (Wildman–Crippen MR) is 128 cm³/mol. The first-order chi connectivity index (χ1) is 15.3. The summed E-state index contributed by atoms with van der Waals surface area (Å²) < 4.78 is 11.4. The number of nitrogens with two attached hydrogens (primary N) is 1. The minimum absolute atomic E-state index is 0.120. The second-order valence-corrected chi connectivity index (χ2v) is 8.47. The third-order valence-electron chi connectivity index (χ3n) is 4.95. The molecule has 3 N–H and O–H groups in total. The number of methoxy groups -OCH3 is 1. The monoisotopic (exact) mass is 431 g/mol. The van der Waals surface area contributed by atoms with E-state index < -0.39 is 0 Å². The molecular formula is C26H29N3O3. The van der Waals surface area contributed by atoms with Crippen LogP contribution < -0.4 is 20.6 Å². The first-order valence-corrected chi connectivity index (χ1v) is 10.4. The number of carbonyl (C=O) groups excluding carboxylic acids is 1. The Balaban J connectivity index is 1.60. The fourth-order valence-corrected chi connectivity index (χ4v) is 3.01. The predicted octanol–water partition coefficient (Wildman–Crippen LogP) is 4.92. The van der Waals surface area contributed by atoms with Crippen molar-refractivity contribution in [2.24, 2.45) is 5.10 Å². The molecule has 3 aromatic carbocycles. The molecule has 1 amide bonds. The number of ether oxygens (including phenoxy) is 2. The molecule has 6 nitrogen and oxygen atoms in total. The molecule has 0 radical (unpaired) electrons. The fourth-order valence-electron chi connectivity index (χ4n) is 3.01. The Morgan fingerprint density at radius 3 is 2.31 bits per heavy atom. The highest BCUT2D eigenvalue weighted by molar-refractivity contribution is 5.95. The SMILES string of the molecule is COc1cc(/C=N\NC(=O)c2ccc(N)cc2)ccc1OCc1ccc(C(C)(C)C)cc1. The van der Waals surface area contributed by atoms with Crippen LogP contribution in [0.25, 0.3) is 0 Å². The third kappa shape index (κ3) is 6.11. The molecule has 6 heteroatoms. The molecule has 0 aliphatic rings. The Hall–Kier alpha value is -3.80. The number of hydrogen-bond donors (Lipinski definition) is 2. The number of benzene rings is 3. The number of nitrogens with zero attached hydrogens (tertiary/aromatic N) is 1. The summed E-state index contributed by atoms with van der Waals surface area (Å²) in [6.45, 7) is 7.01. The topological polar surface area (TPSA) is 85.9 Å². The van der Waals surface area contributed by atoms with Crippen molar-refractivity contribution in [3.05, 3.63) is 89.0 Å². The van der Waals surface area contributed by atoms with Gasteiger partial charge in [0.2, 0.25) is 0 Å². The molecular weight excluding hydrogens is 402 g/mol. The van der Waals surface area contributed by atoms with Gasteiger partial charge in [-0.25, -0.2) is 5.43 Å². The lowest BCUT2D eigenvalue weighted by atomic mass is 9.87. The number of nitrogens with one attached hydrogen (secondary N) is 1. The van der Waals surface area contributed by atoms with Crippen molar-refractivity contribution in [2.75, 3.05) is 12.8 Å². The minimum Gasteiger partial charge on any atom is -0.493 e. The molecule has 0 fully saturated rings. The largest absolute Gasteiger partial charge is 0.493 e. The molecule has 0 saturated heterocycles. The average molecular weight is 432 g/mol. The maximum absolute atomic E-state index is 12.1. The van der Waals surface area contributed by atoms with Gasteiger partial charge in [0.1, 0.15) is 6.61 Å². The average Bonchev–Trinajstić information content (AvgIpc) is 2.78. The number of anilines is 1. The lowest BCUT2D eigenvalue weighted by molar-refractivity contribution is 0.0955. The van der Waals surface area contributed by atoms with E-state index in [1.165, 1.54) is 5.56 Å². The van der Waals surface area contributed by atoms with Crippen molar-refractivity contribution in [3.63, 3.8) is 0 Å². The van der Waals surface area contributed by atoms with E-state index >= 15 is 0 Å². The van der Waals surface area contributed by atoms with E-state index in [4.69, 9.17) is 15.2 Å². The van der Waals surface area contributed by atoms with Crippen LogP contribution in [-0.2, 0) is 12.0 Å². The number of nitrogen functional groups attached to an aromatic ring is 1. The molecule has 0 bridgehead atoms. The van der Waals surface area contributed by atoms with Crippen LogP contribution in [0.4, 0.5) is 5.69 Å². The van der Waals surface area contributed by atoms with Crippen molar-refractivity contribution < 1.29 is 14.3 Å². The van der Waals surface area contributed by atoms with Crippen LogP contribution in [0.2, 0.25) is 0 Å². The molecule has 0 aliphatic carbocycles. The zero-order valence-electron chi connectivity index (χ0n) is 18.9. The highest BCUT2D eigenvalue weighted by atomic mass is 16.5. The summed E-state index contributed by atoms with van der Waals surface area (Å²) in [4.78, 5) is 12.1. The van der Waals surface area contributed by atoms with Crippen LogP contribution in [0.5, 0.6) is 11.5 Å². The highest BCUT2D eigenvalue weighted by Crippen LogP contribution is 2.29. The summed E-state index contributed by atoms with van der Waals surface area (Å²) in [5, 5.41) is 4.01. The normalized spacial score (nSPS) is 11.4. The molecule has 0 aliphatic heterocycles. The molecule has 32 heavy (non-hydrogen) atoms. The van der Waals surface area contributed by atoms with E-state index in [9.17, 15) is 4.79 Å². The van der Waals surface area contributed by atoms with Crippen molar-refractivity contribution >= 4 is 17.8 Å². The fraction of sp³-hybridized carbons (Fsp3) is 0.231. The van der Waals surface area contributed by atoms with Crippen LogP contribution in [0.3, 0.4) is 0 Å². The van der Waals surface area contributed by atoms with Crippen LogP contribution in [0, 0.1) is 0 Å². The van der Waals surface area contributed by atoms with Gasteiger partial charge >= 0.3 is 0 Å². The van der Waals surface area contributed by atoms with Gasteiger partial charge in [0.15, 0.2) is 11.5 Å². The second-order valence-electron chi connectivity index (χ2n) is 8.47. The summed E-state index contributed by atoms with van der Waals surface area (Å²) in [5.74, 6) is 0.909. The van der Waals surface area contributed by atoms with E-state index in [1.807, 2.05) is 12.1 Å². The highest BCUT2D eigenvalue weighted by Gasteiger charge is 2.13. The van der Waals surface area contributed by atoms with Crippen molar-refractivity contribution in [2.45, 2.75) is 32.8 Å². The Morgan fingerprint density at radius 2 is 1.69 bits per heavy atom. The summed E-state index contributed by atoms with van der Waals surface area (Å²) in [5.41, 5.74) is 12.5. The summed E-state index contributed by atoms with van der Waals surface area (Å²) in [6.07, 6.45) is 1.55. The van der Waals surface area contributed by atoms with Crippen molar-refractivity contribution in [1.82, 2.24) is 5.43 Å². The molecule has 3 rings (SSSR count). The van der Waals surface area contributed by atoms with Gasteiger partial charge in [0, 0.05) is 11.3 Å². The van der Waals surface area contributed by atoms with Gasteiger partial charge in [0.25, 0.3) is 5.91 Å². The number of hydrazone groups is 1. The van der Waals surface area contributed by atoms with Gasteiger partial charge in [0.05, 0.1) is 13.3 Å². The van der Waals surface area contributed by atoms with Crippen LogP contribution in [0.15, 0.2) is 71.8 Å². The maximum atomic E-state index is 12.1. The van der Waals surface area contributed by atoms with Crippen LogP contribution in [0.1, 0.15) is 47.8 Å². The van der Waals surface area contributed by atoms with E-state index in [2.05, 4.69) is 55.6 Å². The van der Waals surface area contributed by atoms with Gasteiger partial charge in [-0.05, 0) is 64.6 Å². The molecule has 0 atom stereocenters. The molecule has 0 spiro atoms. The van der Waals surface area contributed by atoms with Gasteiger partial charge in [-0.3, -0.25) is 4.79 Å². The van der Waals surface area contributed by atoms with Gasteiger partial charge in [-0.2, -0.15) is 5.10 Å². The van der Waals surface area contributed by atoms with Crippen LogP contribution >= 0.6 is 0 Å². The summed E-state index contributed by atoms with van der Waals surface area (Å²) >= 11 is 0. The lowest BCUT2D eigenvalue weighted by Crippen LogP contribution is -2.17. The van der Waals surface area contributed by atoms with E-state index in [-0.39, 0.29) is 11.3 Å². The number of rotatable bonds is 7. The van der Waals surface area contributed by atoms with E-state index in [0.29, 0.717) is 29.4 Å². The second kappa shape index (κ2) is 10.0. The van der Waals surface area contributed by atoms with Crippen molar-refractivity contribution in [3.8, 4) is 11.5 Å². The standard InChI is InChI=1S/C26H29N3O3/c1-26(2,3)21-10-5-18(6-11-21)17-32-23-14-7-19(15-24(23)31-4)16-28-29-25(30)20-8-12-22(27)13-9-20/h5-16H,17,27H2,1-4H3,(H,29,30)/b28-16-. The van der Waals surface area contributed by atoms with E-state index in [0.717, 1.165) is 11.1 Å². The zero-order valence-corrected chi connectivity index (χ0v) is 18.9. The third-order valence-corrected chi connectivity index (χ3v) is 4.95. The van der Waals surface area contributed by atoms with Gasteiger partial charge < -0.3 is 15.2 Å². The first kappa shape index (κ1) is 22.9. The Kier molecular flexibility index (Phi) is 7.15. The van der Waals surface area contributed by atoms with E-state index in [1.54, 1.807) is 43.7 Å². The molecule has 3 aromatic rings. The minimum atomic E-state index is -0.314. The molecule has 166 valence electrons. The lowest BCUT2D eigenvalue weighted by Gasteiger charge is -2.19. The maximum Gasteiger partial charge on any atom is 0.271 e. The molecule has 0 unspecified atom stereocenters. The Bertz CT molecular complexity index is 1080. The zero-order chi connectivity index (χ0) is 23.1. The number of amides is 1. The summed E-state index contributed by atoms with van der Waals surface area (Å²) in [6, 6.07) is 20.5. The van der Waals surface area contributed by atoms with Gasteiger partial charge in [-0.15, -0.1) is 0 Å². The summed E-state index contributed by atoms with van der Waals surface area (Å²) in [7, 11) is 1.59. The van der Waals surface area contributed by atoms with Crippen LogP contribution in [-0.4, -0.2) is 19.2 Å². The molecule has 0 aromatic heterocycles. The van der Waals surface area contributed by atoms with Crippen molar-refractivity contribution in [1.29, 1.82) is 0 Å². The number of hydrogen-bond acceptors (Lipinski definition) is 5. The molecule has 0 heterocycles. The number of carbonyl (C=O) groups is 1. The van der Waals surface area contributed by atoms with Gasteiger partial charge in [-0.1, -0.05) is 45.0 Å².